The highest BCUT2D eigenvalue weighted by atomic mass is 127. The Morgan fingerprint density at radius 2 is 1.91 bits per heavy atom. The lowest BCUT2D eigenvalue weighted by atomic mass is 9.67. The van der Waals surface area contributed by atoms with E-state index < -0.39 is 5.66 Å². The molecule has 2 aliphatic rings. The number of carbonyl (C=O) groups is 1. The van der Waals surface area contributed by atoms with E-state index in [4.69, 9.17) is 0 Å². The number of likely N-dealkylation sites (tertiary alicyclic amines) is 1. The van der Waals surface area contributed by atoms with Crippen LogP contribution in [0, 0.1) is 17.3 Å². The highest BCUT2D eigenvalue weighted by molar-refractivity contribution is 14.1. The zero-order valence-corrected chi connectivity index (χ0v) is 20.5. The number of H-pyrrole nitrogens is 1. The molecule has 2 atom stereocenters. The smallest absolute Gasteiger partial charge is 0.225 e. The Balaban J connectivity index is 1.66. The molecule has 1 saturated heterocycles. The van der Waals surface area contributed by atoms with Gasteiger partial charge in [-0.05, 0) is 43.0 Å². The van der Waals surface area contributed by atoms with Crippen molar-refractivity contribution >= 4 is 39.4 Å². The van der Waals surface area contributed by atoms with Gasteiger partial charge >= 0.3 is 0 Å². The molecule has 0 saturated carbocycles. The van der Waals surface area contributed by atoms with Crippen molar-refractivity contribution < 1.29 is 4.79 Å². The molecule has 1 fully saturated rings. The fourth-order valence-corrected chi connectivity index (χ4v) is 6.88. The van der Waals surface area contributed by atoms with Crippen molar-refractivity contribution in [3.8, 4) is 11.8 Å². The zero-order valence-electron chi connectivity index (χ0n) is 18.4. The molecule has 4 nitrogen and oxygen atoms in total. The molecule has 3 aromatic rings. The third kappa shape index (κ3) is 3.19. The lowest BCUT2D eigenvalue weighted by Gasteiger charge is -2.51. The molecule has 5 heteroatoms. The number of rotatable bonds is 4. The van der Waals surface area contributed by atoms with E-state index in [9.17, 15) is 4.79 Å². The molecular formula is C27H28IN3O. The van der Waals surface area contributed by atoms with Gasteiger partial charge in [0, 0.05) is 39.3 Å². The average Bonchev–Trinajstić information content (AvgIpc) is 3.31. The summed E-state index contributed by atoms with van der Waals surface area (Å²) in [5, 5.41) is 5.15. The van der Waals surface area contributed by atoms with Crippen LogP contribution >= 0.6 is 22.6 Å². The van der Waals surface area contributed by atoms with E-state index in [0.717, 1.165) is 41.3 Å². The summed E-state index contributed by atoms with van der Waals surface area (Å²) in [5.74, 6) is 6.76. The summed E-state index contributed by atoms with van der Waals surface area (Å²) < 4.78 is 1.02. The van der Waals surface area contributed by atoms with Gasteiger partial charge in [0.1, 0.15) is 5.66 Å². The topological polar surface area (TPSA) is 48.1 Å². The van der Waals surface area contributed by atoms with Crippen LogP contribution in [0.5, 0.6) is 0 Å². The summed E-state index contributed by atoms with van der Waals surface area (Å²) in [5.41, 5.74) is 3.92. The molecule has 2 aromatic carbocycles. The van der Waals surface area contributed by atoms with Crippen molar-refractivity contribution in [3.63, 3.8) is 0 Å². The molecular weight excluding hydrogens is 509 g/mol. The van der Waals surface area contributed by atoms with Crippen LogP contribution in [0.15, 0.2) is 54.6 Å². The van der Waals surface area contributed by atoms with E-state index in [-0.39, 0.29) is 11.3 Å². The number of aromatic nitrogens is 1. The first-order valence-corrected chi connectivity index (χ1v) is 12.9. The summed E-state index contributed by atoms with van der Waals surface area (Å²) >= 11 is 2.46. The predicted molar refractivity (Wildman–Crippen MR) is 138 cm³/mol. The number of nitrogens with zero attached hydrogens (tertiary/aromatic N) is 1. The number of para-hydroxylation sites is 1. The number of amides is 1. The van der Waals surface area contributed by atoms with E-state index in [1.165, 1.54) is 16.6 Å². The van der Waals surface area contributed by atoms with E-state index in [1.54, 1.807) is 0 Å². The normalized spacial score (nSPS) is 24.6. The van der Waals surface area contributed by atoms with Crippen molar-refractivity contribution in [1.29, 1.82) is 0 Å². The third-order valence-corrected chi connectivity index (χ3v) is 7.93. The predicted octanol–water partition coefficient (Wildman–Crippen LogP) is 4.97. The SMILES string of the molecule is CC[C@]1(CCI)CC(=O)N(CC#Cc2ccccc2)[C@@]12NCCc1c2[nH]c2ccccc12. The van der Waals surface area contributed by atoms with Crippen molar-refractivity contribution in [2.24, 2.45) is 5.41 Å². The summed E-state index contributed by atoms with van der Waals surface area (Å²) in [6.07, 6.45) is 3.44. The van der Waals surface area contributed by atoms with Crippen molar-refractivity contribution in [2.75, 3.05) is 17.5 Å². The number of carbonyl (C=O) groups excluding carboxylic acids is 1. The second-order valence-corrected chi connectivity index (χ2v) is 9.89. The number of hydrogen-bond donors (Lipinski definition) is 2. The fourth-order valence-electron chi connectivity index (χ4n) is 5.85. The Morgan fingerprint density at radius 1 is 1.12 bits per heavy atom. The van der Waals surface area contributed by atoms with Crippen molar-refractivity contribution in [1.82, 2.24) is 15.2 Å². The molecule has 1 aromatic heterocycles. The Hall–Kier alpha value is -2.30. The quantitative estimate of drug-likeness (QED) is 0.281. The molecule has 0 aliphatic carbocycles. The highest BCUT2D eigenvalue weighted by Crippen LogP contribution is 2.57. The number of alkyl halides is 1. The Morgan fingerprint density at radius 3 is 2.69 bits per heavy atom. The van der Waals surface area contributed by atoms with Crippen molar-refractivity contribution in [3.05, 3.63) is 71.4 Å². The fraction of sp³-hybridized carbons (Fsp3) is 0.370. The van der Waals surface area contributed by atoms with E-state index in [0.29, 0.717) is 13.0 Å². The summed E-state index contributed by atoms with van der Waals surface area (Å²) in [4.78, 5) is 19.3. The van der Waals surface area contributed by atoms with Crippen LogP contribution in [-0.2, 0) is 16.9 Å². The summed E-state index contributed by atoms with van der Waals surface area (Å²) in [6.45, 7) is 3.51. The number of hydrogen-bond acceptors (Lipinski definition) is 2. The van der Waals surface area contributed by atoms with Crippen LogP contribution in [-0.4, -0.2) is 33.3 Å². The number of nitrogens with one attached hydrogen (secondary N) is 2. The van der Waals surface area contributed by atoms with Crippen LogP contribution in [0.3, 0.4) is 0 Å². The van der Waals surface area contributed by atoms with Gasteiger partial charge in [-0.15, -0.1) is 0 Å². The van der Waals surface area contributed by atoms with Gasteiger partial charge in [0.25, 0.3) is 0 Å². The number of fused-ring (bicyclic) bond motifs is 4. The highest BCUT2D eigenvalue weighted by Gasteiger charge is 2.64. The zero-order chi connectivity index (χ0) is 22.2. The molecule has 0 unspecified atom stereocenters. The average molecular weight is 537 g/mol. The first kappa shape index (κ1) is 21.5. The van der Waals surface area contributed by atoms with Crippen LogP contribution in [0.2, 0.25) is 0 Å². The molecule has 2 N–H and O–H groups in total. The van der Waals surface area contributed by atoms with Gasteiger partial charge in [0.2, 0.25) is 5.91 Å². The maximum atomic E-state index is 13.6. The van der Waals surface area contributed by atoms with Gasteiger partial charge in [-0.1, -0.05) is 77.8 Å². The minimum Gasteiger partial charge on any atom is -0.355 e. The Kier molecular flexibility index (Phi) is 5.77. The molecule has 3 heterocycles. The number of benzene rings is 2. The minimum atomic E-state index is -0.554. The van der Waals surface area contributed by atoms with Gasteiger partial charge < -0.3 is 9.88 Å². The Labute approximate surface area is 203 Å². The van der Waals surface area contributed by atoms with Gasteiger partial charge in [-0.25, -0.2) is 0 Å². The standard InChI is InChI=1S/C27H28IN3O/c1-2-26(15-16-28)19-24(32)31(18-8-11-20-9-4-3-5-10-20)27(26)25-22(14-17-29-27)21-12-6-7-13-23(21)30-25/h3-7,9-10,12-13,29-30H,2,14-19H2,1H3/t26-,27+/m0/s1. The van der Waals surface area contributed by atoms with Crippen LogP contribution in [0.1, 0.15) is 43.0 Å². The van der Waals surface area contributed by atoms with Crippen molar-refractivity contribution in [2.45, 2.75) is 38.3 Å². The molecule has 164 valence electrons. The Bertz CT molecular complexity index is 1210. The summed E-state index contributed by atoms with van der Waals surface area (Å²) in [6, 6.07) is 18.5. The van der Waals surface area contributed by atoms with Gasteiger partial charge in [0.15, 0.2) is 0 Å². The van der Waals surface area contributed by atoms with Crippen LogP contribution in [0.25, 0.3) is 10.9 Å². The second-order valence-electron chi connectivity index (χ2n) is 8.81. The lowest BCUT2D eigenvalue weighted by Crippen LogP contribution is -2.64. The largest absolute Gasteiger partial charge is 0.355 e. The van der Waals surface area contributed by atoms with Crippen LogP contribution in [0.4, 0.5) is 0 Å². The van der Waals surface area contributed by atoms with Gasteiger partial charge in [-0.2, -0.15) is 0 Å². The third-order valence-electron chi connectivity index (χ3n) is 7.39. The first-order valence-electron chi connectivity index (χ1n) is 11.4. The molecule has 5 rings (SSSR count). The molecule has 0 radical (unpaired) electrons. The monoisotopic (exact) mass is 537 g/mol. The van der Waals surface area contributed by atoms with E-state index in [2.05, 4.69) is 75.9 Å². The van der Waals surface area contributed by atoms with Gasteiger partial charge in [-0.3, -0.25) is 10.1 Å². The molecule has 2 aliphatic heterocycles. The molecule has 1 amide bonds. The summed E-state index contributed by atoms with van der Waals surface area (Å²) in [7, 11) is 0. The van der Waals surface area contributed by atoms with E-state index >= 15 is 0 Å². The minimum absolute atomic E-state index is 0.171. The maximum absolute atomic E-state index is 13.6. The number of aromatic amines is 1. The van der Waals surface area contributed by atoms with E-state index in [1.807, 2.05) is 35.2 Å². The van der Waals surface area contributed by atoms with Gasteiger partial charge in [0.05, 0.1) is 12.2 Å². The molecule has 0 bridgehead atoms. The maximum Gasteiger partial charge on any atom is 0.225 e. The molecule has 1 spiro atoms. The molecule has 32 heavy (non-hydrogen) atoms. The van der Waals surface area contributed by atoms with Crippen LogP contribution < -0.4 is 5.32 Å². The number of halogens is 1. The lowest BCUT2D eigenvalue weighted by molar-refractivity contribution is -0.132. The first-order chi connectivity index (χ1) is 15.6. The second kappa shape index (κ2) is 8.57.